The van der Waals surface area contributed by atoms with Crippen LogP contribution in [0.25, 0.3) is 0 Å². The molecule has 3 rings (SSSR count). The number of nitrogens with zero attached hydrogens (tertiary/aromatic N) is 1. The van der Waals surface area contributed by atoms with Crippen molar-refractivity contribution in [1.29, 1.82) is 0 Å². The second-order valence-electron chi connectivity index (χ2n) is 6.54. The van der Waals surface area contributed by atoms with Gasteiger partial charge in [0.25, 0.3) is 0 Å². The monoisotopic (exact) mass is 354 g/mol. The summed E-state index contributed by atoms with van der Waals surface area (Å²) in [5.41, 5.74) is 2.55. The fourth-order valence-electron chi connectivity index (χ4n) is 3.15. The molecule has 0 radical (unpaired) electrons. The quantitative estimate of drug-likeness (QED) is 0.761. The van der Waals surface area contributed by atoms with Gasteiger partial charge in [-0.3, -0.25) is 9.69 Å². The highest BCUT2D eigenvalue weighted by Crippen LogP contribution is 2.23. The summed E-state index contributed by atoms with van der Waals surface area (Å²) in [7, 11) is 0. The van der Waals surface area contributed by atoms with Crippen molar-refractivity contribution in [3.63, 3.8) is 0 Å². The van der Waals surface area contributed by atoms with Gasteiger partial charge >= 0.3 is 0 Å². The highest BCUT2D eigenvalue weighted by atomic mass is 32.2. The van der Waals surface area contributed by atoms with Crippen molar-refractivity contribution < 1.29 is 4.79 Å². The van der Waals surface area contributed by atoms with Gasteiger partial charge in [0.05, 0.1) is 5.25 Å². The molecule has 25 heavy (non-hydrogen) atoms. The summed E-state index contributed by atoms with van der Waals surface area (Å²) in [6.07, 6.45) is 2.60. The van der Waals surface area contributed by atoms with Crippen LogP contribution < -0.4 is 5.32 Å². The number of hydrogen-bond acceptors (Lipinski definition) is 3. The Morgan fingerprint density at radius 3 is 2.40 bits per heavy atom. The van der Waals surface area contributed by atoms with Gasteiger partial charge in [0.2, 0.25) is 5.91 Å². The fourth-order valence-corrected chi connectivity index (χ4v) is 4.06. The molecule has 132 valence electrons. The average Bonchev–Trinajstić information content (AvgIpc) is 3.14. The lowest BCUT2D eigenvalue weighted by Crippen LogP contribution is -2.31. The van der Waals surface area contributed by atoms with Gasteiger partial charge < -0.3 is 5.32 Å². The molecule has 0 bridgehead atoms. The number of rotatable bonds is 7. The molecule has 1 N–H and O–H groups in total. The van der Waals surface area contributed by atoms with E-state index < -0.39 is 0 Å². The second kappa shape index (κ2) is 9.07. The van der Waals surface area contributed by atoms with Gasteiger partial charge in [-0.2, -0.15) is 0 Å². The minimum atomic E-state index is -0.104. The molecule has 0 spiro atoms. The molecule has 2 aromatic rings. The Kier molecular flexibility index (Phi) is 6.54. The third-order valence-electron chi connectivity index (χ3n) is 4.59. The maximum Gasteiger partial charge on any atom is 0.233 e. The molecule has 1 fully saturated rings. The first-order valence-corrected chi connectivity index (χ1v) is 9.89. The van der Waals surface area contributed by atoms with Gasteiger partial charge in [-0.05, 0) is 56.1 Å². The number of amides is 1. The average molecular weight is 355 g/mol. The highest BCUT2D eigenvalue weighted by Gasteiger charge is 2.16. The molecule has 0 unspecified atom stereocenters. The van der Waals surface area contributed by atoms with Crippen molar-refractivity contribution in [2.24, 2.45) is 0 Å². The summed E-state index contributed by atoms with van der Waals surface area (Å²) in [4.78, 5) is 16.1. The lowest BCUT2D eigenvalue weighted by atomic mass is 10.1. The standard InChI is InChI=1S/C21H26N2OS/c1-17(25-20-11-3-2-4-12-20)21(24)22-15-18-9-5-6-10-19(18)16-23-13-7-8-14-23/h2-6,9-12,17H,7-8,13-16H2,1H3,(H,22,24)/t17-/m0/s1. The second-order valence-corrected chi connectivity index (χ2v) is 7.96. The summed E-state index contributed by atoms with van der Waals surface area (Å²) in [5.74, 6) is 0.0878. The van der Waals surface area contributed by atoms with Gasteiger partial charge in [-0.1, -0.05) is 42.5 Å². The van der Waals surface area contributed by atoms with E-state index in [4.69, 9.17) is 0 Å². The number of likely N-dealkylation sites (tertiary alicyclic amines) is 1. The van der Waals surface area contributed by atoms with Gasteiger partial charge in [0, 0.05) is 18.0 Å². The van der Waals surface area contributed by atoms with E-state index in [1.807, 2.05) is 37.3 Å². The van der Waals surface area contributed by atoms with Crippen molar-refractivity contribution in [2.75, 3.05) is 13.1 Å². The predicted molar refractivity (Wildman–Crippen MR) is 105 cm³/mol. The highest BCUT2D eigenvalue weighted by molar-refractivity contribution is 8.00. The minimum Gasteiger partial charge on any atom is -0.351 e. The van der Waals surface area contributed by atoms with Crippen molar-refractivity contribution in [2.45, 2.75) is 43.0 Å². The molecule has 1 atom stereocenters. The number of hydrogen-bond donors (Lipinski definition) is 1. The van der Waals surface area contributed by atoms with Gasteiger partial charge in [0.15, 0.2) is 0 Å². The molecule has 0 aromatic heterocycles. The van der Waals surface area contributed by atoms with Crippen molar-refractivity contribution in [3.8, 4) is 0 Å². The van der Waals surface area contributed by atoms with Crippen LogP contribution in [0.4, 0.5) is 0 Å². The van der Waals surface area contributed by atoms with Crippen LogP contribution in [0.1, 0.15) is 30.9 Å². The van der Waals surface area contributed by atoms with E-state index in [2.05, 4.69) is 34.5 Å². The van der Waals surface area contributed by atoms with Crippen LogP contribution >= 0.6 is 11.8 Å². The lowest BCUT2D eigenvalue weighted by Gasteiger charge is -2.18. The maximum absolute atomic E-state index is 12.4. The largest absolute Gasteiger partial charge is 0.351 e. The topological polar surface area (TPSA) is 32.3 Å². The predicted octanol–water partition coefficient (Wildman–Crippen LogP) is 4.08. The van der Waals surface area contributed by atoms with Gasteiger partial charge in [-0.15, -0.1) is 11.8 Å². The zero-order chi connectivity index (χ0) is 17.5. The summed E-state index contributed by atoms with van der Waals surface area (Å²) in [6.45, 7) is 5.92. The van der Waals surface area contributed by atoms with E-state index in [9.17, 15) is 4.79 Å². The molecule has 2 aromatic carbocycles. The van der Waals surface area contributed by atoms with Crippen molar-refractivity contribution >= 4 is 17.7 Å². The van der Waals surface area contributed by atoms with Crippen LogP contribution in [-0.4, -0.2) is 29.1 Å². The molecule has 3 nitrogen and oxygen atoms in total. The molecule has 4 heteroatoms. The Bertz CT molecular complexity index is 683. The van der Waals surface area contributed by atoms with Crippen LogP contribution in [0, 0.1) is 0 Å². The first-order valence-electron chi connectivity index (χ1n) is 9.01. The van der Waals surface area contributed by atoms with Crippen LogP contribution in [0.2, 0.25) is 0 Å². The molecular formula is C21H26N2OS. The van der Waals surface area contributed by atoms with E-state index in [1.165, 1.54) is 37.1 Å². The van der Waals surface area contributed by atoms with E-state index in [0.717, 1.165) is 11.4 Å². The summed E-state index contributed by atoms with van der Waals surface area (Å²) >= 11 is 1.60. The van der Waals surface area contributed by atoms with Crippen LogP contribution in [0.3, 0.4) is 0 Å². The summed E-state index contributed by atoms with van der Waals surface area (Å²) in [6, 6.07) is 18.5. The van der Waals surface area contributed by atoms with Crippen molar-refractivity contribution in [1.82, 2.24) is 10.2 Å². The van der Waals surface area contributed by atoms with Gasteiger partial charge in [-0.25, -0.2) is 0 Å². The molecule has 1 saturated heterocycles. The Hall–Kier alpha value is -1.78. The molecule has 0 aliphatic carbocycles. The molecule has 0 saturated carbocycles. The van der Waals surface area contributed by atoms with E-state index >= 15 is 0 Å². The van der Waals surface area contributed by atoms with E-state index in [-0.39, 0.29) is 11.2 Å². The van der Waals surface area contributed by atoms with Crippen LogP contribution in [0.5, 0.6) is 0 Å². The fraction of sp³-hybridized carbons (Fsp3) is 0.381. The molecule has 1 aliphatic heterocycles. The van der Waals surface area contributed by atoms with E-state index in [0.29, 0.717) is 6.54 Å². The number of carbonyl (C=O) groups is 1. The SMILES string of the molecule is C[C@H](Sc1ccccc1)C(=O)NCc1ccccc1CN1CCCC1. The summed E-state index contributed by atoms with van der Waals surface area (Å²) in [5, 5.41) is 3.00. The normalized spacial score (nSPS) is 15.9. The minimum absolute atomic E-state index is 0.0878. The lowest BCUT2D eigenvalue weighted by molar-refractivity contribution is -0.120. The maximum atomic E-state index is 12.4. The number of benzene rings is 2. The van der Waals surface area contributed by atoms with Gasteiger partial charge in [0.1, 0.15) is 0 Å². The van der Waals surface area contributed by atoms with E-state index in [1.54, 1.807) is 11.8 Å². The Balaban J connectivity index is 1.54. The Morgan fingerprint density at radius 2 is 1.68 bits per heavy atom. The van der Waals surface area contributed by atoms with Crippen LogP contribution in [-0.2, 0) is 17.9 Å². The molecular weight excluding hydrogens is 328 g/mol. The molecule has 1 aliphatic rings. The number of thioether (sulfide) groups is 1. The van der Waals surface area contributed by atoms with Crippen LogP contribution in [0.15, 0.2) is 59.5 Å². The first kappa shape index (κ1) is 18.0. The smallest absolute Gasteiger partial charge is 0.233 e. The third kappa shape index (κ3) is 5.35. The first-order chi connectivity index (χ1) is 12.2. The zero-order valence-electron chi connectivity index (χ0n) is 14.8. The number of nitrogens with one attached hydrogen (secondary N) is 1. The molecule has 1 heterocycles. The third-order valence-corrected chi connectivity index (χ3v) is 5.70. The molecule has 1 amide bonds. The number of carbonyl (C=O) groups excluding carboxylic acids is 1. The summed E-state index contributed by atoms with van der Waals surface area (Å²) < 4.78 is 0. The van der Waals surface area contributed by atoms with Crippen molar-refractivity contribution in [3.05, 3.63) is 65.7 Å². The zero-order valence-corrected chi connectivity index (χ0v) is 15.6. The Labute approximate surface area is 154 Å². The Morgan fingerprint density at radius 1 is 1.04 bits per heavy atom.